The molecule has 0 spiro atoms. The van der Waals surface area contributed by atoms with Gasteiger partial charge in [0, 0.05) is 17.9 Å². The van der Waals surface area contributed by atoms with Crippen molar-refractivity contribution < 1.29 is 14.7 Å². The summed E-state index contributed by atoms with van der Waals surface area (Å²) in [5.74, 6) is -1.40. The number of aliphatic carboxylic acids is 1. The van der Waals surface area contributed by atoms with E-state index in [1.54, 1.807) is 10.7 Å². The van der Waals surface area contributed by atoms with Gasteiger partial charge in [0.2, 0.25) is 0 Å². The van der Waals surface area contributed by atoms with Crippen LogP contribution in [0.15, 0.2) is 18.5 Å². The fourth-order valence-corrected chi connectivity index (χ4v) is 2.32. The van der Waals surface area contributed by atoms with Crippen molar-refractivity contribution in [1.29, 1.82) is 0 Å². The molecular formula is C13H14N4O3. The predicted octanol–water partition coefficient (Wildman–Crippen LogP) is 0.631. The van der Waals surface area contributed by atoms with Crippen LogP contribution < -0.4 is 5.32 Å². The Morgan fingerprint density at radius 2 is 2.20 bits per heavy atom. The normalized spacial score (nSPS) is 21.4. The summed E-state index contributed by atoms with van der Waals surface area (Å²) >= 11 is 0. The summed E-state index contributed by atoms with van der Waals surface area (Å²) < 4.78 is 1.54. The number of carboxylic acid groups (broad SMARTS) is 1. The molecule has 1 aliphatic rings. The van der Waals surface area contributed by atoms with Gasteiger partial charge in [0.25, 0.3) is 5.91 Å². The molecule has 20 heavy (non-hydrogen) atoms. The van der Waals surface area contributed by atoms with Crippen molar-refractivity contribution in [3.8, 4) is 0 Å². The third-order valence-corrected chi connectivity index (χ3v) is 3.58. The summed E-state index contributed by atoms with van der Waals surface area (Å²) in [7, 11) is 0. The van der Waals surface area contributed by atoms with E-state index in [-0.39, 0.29) is 17.9 Å². The topological polar surface area (TPSA) is 96.6 Å². The van der Waals surface area contributed by atoms with Gasteiger partial charge >= 0.3 is 5.97 Å². The SMILES string of the molecule is Cc1ccn2ncc(C(=O)NC3CC(C(=O)O)C3)c2n1. The van der Waals surface area contributed by atoms with Crippen LogP contribution in [0.3, 0.4) is 0 Å². The van der Waals surface area contributed by atoms with E-state index in [1.807, 2.05) is 13.0 Å². The molecule has 2 N–H and O–H groups in total. The maximum absolute atomic E-state index is 12.2. The van der Waals surface area contributed by atoms with Gasteiger partial charge in [-0.3, -0.25) is 9.59 Å². The third kappa shape index (κ3) is 2.11. The van der Waals surface area contributed by atoms with E-state index < -0.39 is 5.97 Å². The van der Waals surface area contributed by atoms with Crippen molar-refractivity contribution in [2.45, 2.75) is 25.8 Å². The highest BCUT2D eigenvalue weighted by Crippen LogP contribution is 2.27. The molecule has 104 valence electrons. The lowest BCUT2D eigenvalue weighted by molar-refractivity contribution is -0.145. The van der Waals surface area contributed by atoms with Crippen LogP contribution in [-0.2, 0) is 4.79 Å². The van der Waals surface area contributed by atoms with Crippen LogP contribution in [0.1, 0.15) is 28.9 Å². The summed E-state index contributed by atoms with van der Waals surface area (Å²) in [6.07, 6.45) is 4.18. The number of amides is 1. The molecule has 2 aromatic heterocycles. The van der Waals surface area contributed by atoms with Crippen LogP contribution in [0.4, 0.5) is 0 Å². The molecule has 7 heteroatoms. The first-order valence-electron chi connectivity index (χ1n) is 6.39. The van der Waals surface area contributed by atoms with Gasteiger partial charge < -0.3 is 10.4 Å². The molecule has 2 aromatic rings. The summed E-state index contributed by atoms with van der Waals surface area (Å²) in [6, 6.07) is 1.73. The lowest BCUT2D eigenvalue weighted by Crippen LogP contribution is -2.46. The van der Waals surface area contributed by atoms with E-state index in [1.165, 1.54) is 6.20 Å². The molecular weight excluding hydrogens is 260 g/mol. The van der Waals surface area contributed by atoms with Gasteiger partial charge in [0.15, 0.2) is 5.65 Å². The first-order chi connectivity index (χ1) is 9.54. The van der Waals surface area contributed by atoms with Crippen molar-refractivity contribution in [1.82, 2.24) is 19.9 Å². The van der Waals surface area contributed by atoms with E-state index in [9.17, 15) is 9.59 Å². The van der Waals surface area contributed by atoms with Crippen LogP contribution in [-0.4, -0.2) is 37.6 Å². The summed E-state index contributed by atoms with van der Waals surface area (Å²) in [5, 5.41) is 15.7. The monoisotopic (exact) mass is 274 g/mol. The zero-order valence-electron chi connectivity index (χ0n) is 10.9. The lowest BCUT2D eigenvalue weighted by atomic mass is 9.80. The fraction of sp³-hybridized carbons (Fsp3) is 0.385. The first-order valence-corrected chi connectivity index (χ1v) is 6.39. The molecule has 0 aromatic carbocycles. The standard InChI is InChI=1S/C13H14N4O3/c1-7-2-3-17-11(15-7)10(6-14-17)12(18)16-9-4-8(5-9)13(19)20/h2-3,6,8-9H,4-5H2,1H3,(H,16,18)(H,19,20). The average Bonchev–Trinajstić information content (AvgIpc) is 2.75. The smallest absolute Gasteiger partial charge is 0.306 e. The van der Waals surface area contributed by atoms with E-state index in [0.29, 0.717) is 24.1 Å². The van der Waals surface area contributed by atoms with Gasteiger partial charge in [-0.25, -0.2) is 9.50 Å². The molecule has 2 heterocycles. The number of carbonyl (C=O) groups is 2. The number of aromatic nitrogens is 3. The van der Waals surface area contributed by atoms with E-state index in [0.717, 1.165) is 5.69 Å². The van der Waals surface area contributed by atoms with Gasteiger partial charge in [0.05, 0.1) is 12.1 Å². The number of hydrogen-bond acceptors (Lipinski definition) is 4. The second-order valence-electron chi connectivity index (χ2n) is 5.07. The zero-order chi connectivity index (χ0) is 14.3. The van der Waals surface area contributed by atoms with E-state index >= 15 is 0 Å². The van der Waals surface area contributed by atoms with Crippen molar-refractivity contribution >= 4 is 17.5 Å². The lowest BCUT2D eigenvalue weighted by Gasteiger charge is -2.32. The number of carbonyl (C=O) groups excluding carboxylic acids is 1. The Morgan fingerprint density at radius 1 is 1.45 bits per heavy atom. The van der Waals surface area contributed by atoms with E-state index in [2.05, 4.69) is 15.4 Å². The highest BCUT2D eigenvalue weighted by Gasteiger charge is 2.35. The number of nitrogens with one attached hydrogen (secondary N) is 1. The van der Waals surface area contributed by atoms with Gasteiger partial charge in [-0.1, -0.05) is 0 Å². The molecule has 1 fully saturated rings. The molecule has 0 aliphatic heterocycles. The van der Waals surface area contributed by atoms with E-state index in [4.69, 9.17) is 5.11 Å². The predicted molar refractivity (Wildman–Crippen MR) is 69.3 cm³/mol. The molecule has 0 radical (unpaired) electrons. The van der Waals surface area contributed by atoms with Crippen molar-refractivity contribution in [2.75, 3.05) is 0 Å². The van der Waals surface area contributed by atoms with Gasteiger partial charge in [0.1, 0.15) is 5.56 Å². The second kappa shape index (κ2) is 4.59. The minimum absolute atomic E-state index is 0.0802. The maximum Gasteiger partial charge on any atom is 0.306 e. The van der Waals surface area contributed by atoms with Gasteiger partial charge in [-0.15, -0.1) is 0 Å². The number of carboxylic acids is 1. The number of aryl methyl sites for hydroxylation is 1. The summed E-state index contributed by atoms with van der Waals surface area (Å²) in [4.78, 5) is 27.2. The Kier molecular flexibility index (Phi) is 2.89. The van der Waals surface area contributed by atoms with Crippen LogP contribution in [0.2, 0.25) is 0 Å². The quantitative estimate of drug-likeness (QED) is 0.855. The number of rotatable bonds is 3. The van der Waals surface area contributed by atoms with Crippen LogP contribution >= 0.6 is 0 Å². The maximum atomic E-state index is 12.2. The number of hydrogen-bond donors (Lipinski definition) is 2. The largest absolute Gasteiger partial charge is 0.481 e. The van der Waals surface area contributed by atoms with Gasteiger partial charge in [-0.05, 0) is 25.8 Å². The molecule has 7 nitrogen and oxygen atoms in total. The van der Waals surface area contributed by atoms with Crippen LogP contribution in [0.25, 0.3) is 5.65 Å². The minimum atomic E-state index is -0.802. The first kappa shape index (κ1) is 12.6. The number of fused-ring (bicyclic) bond motifs is 1. The molecule has 0 atom stereocenters. The van der Waals surface area contributed by atoms with Crippen LogP contribution in [0.5, 0.6) is 0 Å². The fourth-order valence-electron chi connectivity index (χ4n) is 2.32. The van der Waals surface area contributed by atoms with Crippen molar-refractivity contribution in [2.24, 2.45) is 5.92 Å². The number of nitrogens with zero attached hydrogens (tertiary/aromatic N) is 3. The molecule has 0 bridgehead atoms. The minimum Gasteiger partial charge on any atom is -0.481 e. The summed E-state index contributed by atoms with van der Waals surface area (Å²) in [5.41, 5.74) is 1.73. The highest BCUT2D eigenvalue weighted by molar-refractivity contribution is 5.99. The second-order valence-corrected chi connectivity index (χ2v) is 5.07. The Morgan fingerprint density at radius 3 is 2.90 bits per heavy atom. The molecule has 0 unspecified atom stereocenters. The van der Waals surface area contributed by atoms with Crippen molar-refractivity contribution in [3.05, 3.63) is 29.7 Å². The van der Waals surface area contributed by atoms with Crippen LogP contribution in [0, 0.1) is 12.8 Å². The molecule has 3 rings (SSSR count). The van der Waals surface area contributed by atoms with Gasteiger partial charge in [-0.2, -0.15) is 5.10 Å². The Labute approximate surface area is 114 Å². The summed E-state index contributed by atoms with van der Waals surface area (Å²) in [6.45, 7) is 1.85. The molecule has 0 saturated heterocycles. The third-order valence-electron chi connectivity index (χ3n) is 3.58. The molecule has 1 amide bonds. The molecule has 1 aliphatic carbocycles. The Balaban J connectivity index is 1.73. The molecule has 1 saturated carbocycles. The zero-order valence-corrected chi connectivity index (χ0v) is 10.9. The van der Waals surface area contributed by atoms with Crippen molar-refractivity contribution in [3.63, 3.8) is 0 Å². The average molecular weight is 274 g/mol. The highest BCUT2D eigenvalue weighted by atomic mass is 16.4. The Hall–Kier alpha value is -2.44. The Bertz CT molecular complexity index is 688.